The molecular weight excluding hydrogens is 267 g/mol. The Morgan fingerprint density at radius 2 is 2.18 bits per heavy atom. The fourth-order valence-electron chi connectivity index (χ4n) is 1.08. The molecule has 0 aliphatic carbocycles. The summed E-state index contributed by atoms with van der Waals surface area (Å²) in [7, 11) is 0. The second kappa shape index (κ2) is 7.45. The molecule has 0 bridgehead atoms. The van der Waals surface area contributed by atoms with Crippen LogP contribution in [0.1, 0.15) is 10.4 Å². The molecule has 0 atom stereocenters. The van der Waals surface area contributed by atoms with E-state index in [0.29, 0.717) is 13.2 Å². The van der Waals surface area contributed by atoms with Gasteiger partial charge in [0.25, 0.3) is 5.91 Å². The van der Waals surface area contributed by atoms with E-state index in [1.807, 2.05) is 0 Å². The zero-order valence-electron chi connectivity index (χ0n) is 8.95. The minimum absolute atomic E-state index is 0.0408. The number of carbonyl (C=O) groups is 1. The fourth-order valence-corrected chi connectivity index (χ4v) is 1.51. The van der Waals surface area contributed by atoms with Gasteiger partial charge in [-0.1, -0.05) is 23.2 Å². The van der Waals surface area contributed by atoms with E-state index in [1.165, 1.54) is 12.1 Å². The number of carbonyl (C=O) groups excluding carboxylic acids is 1. The molecule has 7 heteroatoms. The van der Waals surface area contributed by atoms with Crippen molar-refractivity contribution in [2.45, 2.75) is 0 Å². The molecule has 1 heterocycles. The normalized spacial score (nSPS) is 10.3. The van der Waals surface area contributed by atoms with Crippen LogP contribution >= 0.6 is 23.2 Å². The van der Waals surface area contributed by atoms with Gasteiger partial charge in [0, 0.05) is 6.54 Å². The van der Waals surface area contributed by atoms with E-state index in [0.717, 1.165) is 0 Å². The van der Waals surface area contributed by atoms with E-state index >= 15 is 0 Å². The SMILES string of the molecule is O=C(NCCOCCO)c1ccc(Cl)nc1Cl. The van der Waals surface area contributed by atoms with Gasteiger partial charge in [0.2, 0.25) is 0 Å². The largest absolute Gasteiger partial charge is 0.394 e. The summed E-state index contributed by atoms with van der Waals surface area (Å²) in [4.78, 5) is 15.4. The molecule has 0 radical (unpaired) electrons. The number of nitrogens with one attached hydrogen (secondary N) is 1. The fraction of sp³-hybridized carbons (Fsp3) is 0.400. The van der Waals surface area contributed by atoms with Crippen molar-refractivity contribution in [3.8, 4) is 0 Å². The van der Waals surface area contributed by atoms with Crippen LogP contribution in [0, 0.1) is 0 Å². The second-order valence-corrected chi connectivity index (χ2v) is 3.81. The number of rotatable bonds is 6. The van der Waals surface area contributed by atoms with Crippen molar-refractivity contribution in [3.63, 3.8) is 0 Å². The first-order chi connectivity index (χ1) is 8.15. The van der Waals surface area contributed by atoms with Gasteiger partial charge >= 0.3 is 0 Å². The van der Waals surface area contributed by atoms with Crippen molar-refractivity contribution in [1.82, 2.24) is 10.3 Å². The number of hydrogen-bond donors (Lipinski definition) is 2. The minimum atomic E-state index is -0.341. The summed E-state index contributed by atoms with van der Waals surface area (Å²) < 4.78 is 4.98. The highest BCUT2D eigenvalue weighted by molar-refractivity contribution is 6.34. The second-order valence-electron chi connectivity index (χ2n) is 3.06. The van der Waals surface area contributed by atoms with Crippen molar-refractivity contribution in [2.75, 3.05) is 26.4 Å². The molecule has 1 amide bonds. The Kier molecular flexibility index (Phi) is 6.21. The lowest BCUT2D eigenvalue weighted by atomic mass is 10.2. The summed E-state index contributed by atoms with van der Waals surface area (Å²) in [6.45, 7) is 0.864. The molecule has 0 aliphatic rings. The summed E-state index contributed by atoms with van der Waals surface area (Å²) in [6.07, 6.45) is 0. The quantitative estimate of drug-likeness (QED) is 0.605. The highest BCUT2D eigenvalue weighted by Gasteiger charge is 2.10. The zero-order chi connectivity index (χ0) is 12.7. The van der Waals surface area contributed by atoms with Gasteiger partial charge in [-0.05, 0) is 12.1 Å². The Bertz CT molecular complexity index is 388. The Balaban J connectivity index is 2.42. The maximum absolute atomic E-state index is 11.6. The lowest BCUT2D eigenvalue weighted by Gasteiger charge is -2.06. The third-order valence-electron chi connectivity index (χ3n) is 1.83. The zero-order valence-corrected chi connectivity index (χ0v) is 10.5. The number of ether oxygens (including phenoxy) is 1. The molecular formula is C10H12Cl2N2O3. The first kappa shape index (κ1) is 14.2. The maximum Gasteiger partial charge on any atom is 0.254 e. The number of halogens is 2. The molecule has 0 aromatic carbocycles. The van der Waals surface area contributed by atoms with E-state index in [2.05, 4.69) is 10.3 Å². The molecule has 17 heavy (non-hydrogen) atoms. The third-order valence-corrected chi connectivity index (χ3v) is 2.33. The van der Waals surface area contributed by atoms with Gasteiger partial charge in [-0.25, -0.2) is 4.98 Å². The molecule has 0 spiro atoms. The highest BCUT2D eigenvalue weighted by Crippen LogP contribution is 2.16. The van der Waals surface area contributed by atoms with E-state index in [-0.39, 0.29) is 35.0 Å². The lowest BCUT2D eigenvalue weighted by Crippen LogP contribution is -2.28. The van der Waals surface area contributed by atoms with E-state index in [4.69, 9.17) is 33.0 Å². The van der Waals surface area contributed by atoms with Crippen LogP contribution in [0.5, 0.6) is 0 Å². The Hall–Kier alpha value is -0.880. The topological polar surface area (TPSA) is 71.5 Å². The molecule has 94 valence electrons. The summed E-state index contributed by atoms with van der Waals surface area (Å²) in [5, 5.41) is 11.4. The van der Waals surface area contributed by atoms with Gasteiger partial charge in [-0.15, -0.1) is 0 Å². The Morgan fingerprint density at radius 3 is 2.82 bits per heavy atom. The number of aromatic nitrogens is 1. The van der Waals surface area contributed by atoms with Crippen molar-refractivity contribution >= 4 is 29.1 Å². The van der Waals surface area contributed by atoms with Gasteiger partial charge in [0.15, 0.2) is 0 Å². The van der Waals surface area contributed by atoms with Crippen LogP contribution in [-0.4, -0.2) is 42.4 Å². The number of aliphatic hydroxyl groups excluding tert-OH is 1. The van der Waals surface area contributed by atoms with Crippen LogP contribution in [0.4, 0.5) is 0 Å². The molecule has 0 fully saturated rings. The number of hydrogen-bond acceptors (Lipinski definition) is 4. The van der Waals surface area contributed by atoms with Gasteiger partial charge in [0.05, 0.1) is 25.4 Å². The summed E-state index contributed by atoms with van der Waals surface area (Å²) in [6, 6.07) is 2.99. The van der Waals surface area contributed by atoms with Crippen LogP contribution in [0.2, 0.25) is 10.3 Å². The highest BCUT2D eigenvalue weighted by atomic mass is 35.5. The summed E-state index contributed by atoms with van der Waals surface area (Å²) in [5.74, 6) is -0.341. The molecule has 1 aromatic heterocycles. The van der Waals surface area contributed by atoms with Crippen LogP contribution < -0.4 is 5.32 Å². The summed E-state index contributed by atoms with van der Waals surface area (Å²) >= 11 is 11.4. The lowest BCUT2D eigenvalue weighted by molar-refractivity contribution is 0.0838. The van der Waals surface area contributed by atoms with E-state index < -0.39 is 0 Å². The molecule has 1 rings (SSSR count). The summed E-state index contributed by atoms with van der Waals surface area (Å²) in [5.41, 5.74) is 0.262. The van der Waals surface area contributed by atoms with Gasteiger partial charge in [0.1, 0.15) is 10.3 Å². The molecule has 2 N–H and O–H groups in total. The Morgan fingerprint density at radius 1 is 1.41 bits per heavy atom. The van der Waals surface area contributed by atoms with Crippen molar-refractivity contribution in [1.29, 1.82) is 0 Å². The van der Waals surface area contributed by atoms with Crippen molar-refractivity contribution in [3.05, 3.63) is 28.0 Å². The minimum Gasteiger partial charge on any atom is -0.394 e. The molecule has 0 unspecified atom stereocenters. The smallest absolute Gasteiger partial charge is 0.254 e. The van der Waals surface area contributed by atoms with E-state index in [1.54, 1.807) is 0 Å². The molecule has 0 saturated carbocycles. The molecule has 0 aliphatic heterocycles. The first-order valence-corrected chi connectivity index (χ1v) is 5.69. The number of amides is 1. The monoisotopic (exact) mass is 278 g/mol. The molecule has 5 nitrogen and oxygen atoms in total. The van der Waals surface area contributed by atoms with Gasteiger partial charge in [-0.2, -0.15) is 0 Å². The van der Waals surface area contributed by atoms with Crippen molar-refractivity contribution in [2.24, 2.45) is 0 Å². The molecule has 0 saturated heterocycles. The van der Waals surface area contributed by atoms with Crippen LogP contribution in [0.3, 0.4) is 0 Å². The van der Waals surface area contributed by atoms with Crippen molar-refractivity contribution < 1.29 is 14.6 Å². The molecule has 1 aromatic rings. The average molecular weight is 279 g/mol. The van der Waals surface area contributed by atoms with Gasteiger partial charge < -0.3 is 15.2 Å². The van der Waals surface area contributed by atoms with Crippen LogP contribution in [0.25, 0.3) is 0 Å². The number of pyridine rings is 1. The van der Waals surface area contributed by atoms with Crippen LogP contribution in [0.15, 0.2) is 12.1 Å². The predicted molar refractivity (Wildman–Crippen MR) is 64.5 cm³/mol. The first-order valence-electron chi connectivity index (χ1n) is 4.94. The standard InChI is InChI=1S/C10H12Cl2N2O3/c11-8-2-1-7(9(12)14-8)10(16)13-3-5-17-6-4-15/h1-2,15H,3-6H2,(H,13,16). The third kappa shape index (κ3) is 4.87. The van der Waals surface area contributed by atoms with E-state index in [9.17, 15) is 4.79 Å². The van der Waals surface area contributed by atoms with Crippen LogP contribution in [-0.2, 0) is 4.74 Å². The predicted octanol–water partition coefficient (Wildman–Crippen LogP) is 1.13. The maximum atomic E-state index is 11.6. The average Bonchev–Trinajstić information content (AvgIpc) is 2.28. The number of nitrogens with zero attached hydrogens (tertiary/aromatic N) is 1. The Labute approximate surface area is 109 Å². The number of aliphatic hydroxyl groups is 1. The van der Waals surface area contributed by atoms with Gasteiger partial charge in [-0.3, -0.25) is 4.79 Å².